The minimum atomic E-state index is 0.352. The van der Waals surface area contributed by atoms with Crippen LogP contribution in [0.5, 0.6) is 0 Å². The summed E-state index contributed by atoms with van der Waals surface area (Å²) in [6.07, 6.45) is 7.57. The molecule has 0 saturated carbocycles. The van der Waals surface area contributed by atoms with Crippen molar-refractivity contribution in [3.8, 4) is 0 Å². The first kappa shape index (κ1) is 19.1. The molecule has 0 bridgehead atoms. The number of carbonyl (C=O) groups is 1. The molecule has 3 rings (SSSR count). The monoisotopic (exact) mass is 355 g/mol. The van der Waals surface area contributed by atoms with Crippen molar-refractivity contribution >= 4 is 12.0 Å². The maximum atomic E-state index is 12.4. The van der Waals surface area contributed by atoms with Gasteiger partial charge >= 0.3 is 0 Å². The smallest absolute Gasteiger partial charge is 0.223 e. The molecule has 2 aliphatic heterocycles. The Bertz CT molecular complexity index is 578. The highest BCUT2D eigenvalue weighted by Crippen LogP contribution is 2.16. The fraction of sp³-hybridized carbons (Fsp3) is 0.591. The van der Waals surface area contributed by atoms with E-state index < -0.39 is 0 Å². The van der Waals surface area contributed by atoms with Crippen LogP contribution in [0.3, 0.4) is 0 Å². The lowest BCUT2D eigenvalue weighted by Crippen LogP contribution is -2.47. The molecule has 1 aromatic carbocycles. The first-order valence-electron chi connectivity index (χ1n) is 10.1. The average molecular weight is 356 g/mol. The van der Waals surface area contributed by atoms with E-state index in [0.717, 1.165) is 52.4 Å². The van der Waals surface area contributed by atoms with Gasteiger partial charge in [-0.2, -0.15) is 0 Å². The number of likely N-dealkylation sites (tertiary alicyclic amines) is 1. The quantitative estimate of drug-likeness (QED) is 0.785. The SMILES string of the molecule is CC1CCCN(C(=O)CCN2CCN(C/C=C/c3ccccc3)CC2)C1. The van der Waals surface area contributed by atoms with Crippen molar-refractivity contribution in [3.05, 3.63) is 42.0 Å². The number of hydrogen-bond acceptors (Lipinski definition) is 3. The van der Waals surface area contributed by atoms with Crippen LogP contribution in [0.15, 0.2) is 36.4 Å². The number of piperazine rings is 1. The molecule has 0 aromatic heterocycles. The Hall–Kier alpha value is -1.65. The molecule has 0 radical (unpaired) electrons. The Labute approximate surface area is 158 Å². The van der Waals surface area contributed by atoms with Gasteiger partial charge in [-0.25, -0.2) is 0 Å². The molecule has 1 aromatic rings. The van der Waals surface area contributed by atoms with Gasteiger partial charge in [-0.1, -0.05) is 49.4 Å². The second kappa shape index (κ2) is 9.89. The topological polar surface area (TPSA) is 26.8 Å². The predicted molar refractivity (Wildman–Crippen MR) is 108 cm³/mol. The van der Waals surface area contributed by atoms with Gasteiger partial charge in [0, 0.05) is 58.8 Å². The first-order chi connectivity index (χ1) is 12.7. The van der Waals surface area contributed by atoms with Crippen molar-refractivity contribution < 1.29 is 4.79 Å². The number of nitrogens with zero attached hydrogens (tertiary/aromatic N) is 3. The Balaban J connectivity index is 1.32. The number of carbonyl (C=O) groups excluding carboxylic acids is 1. The van der Waals surface area contributed by atoms with Gasteiger partial charge in [0.15, 0.2) is 0 Å². The lowest BCUT2D eigenvalue weighted by Gasteiger charge is -2.35. The zero-order valence-electron chi connectivity index (χ0n) is 16.1. The normalized spacial score (nSPS) is 22.8. The van der Waals surface area contributed by atoms with Crippen LogP contribution in [0.1, 0.15) is 31.7 Å². The number of piperidine rings is 1. The van der Waals surface area contributed by atoms with Crippen molar-refractivity contribution in [1.29, 1.82) is 0 Å². The van der Waals surface area contributed by atoms with Gasteiger partial charge in [-0.15, -0.1) is 0 Å². The number of benzene rings is 1. The molecule has 2 saturated heterocycles. The second-order valence-corrected chi connectivity index (χ2v) is 7.79. The molecule has 2 aliphatic rings. The second-order valence-electron chi connectivity index (χ2n) is 7.79. The minimum Gasteiger partial charge on any atom is -0.342 e. The van der Waals surface area contributed by atoms with Crippen LogP contribution in [-0.2, 0) is 4.79 Å². The summed E-state index contributed by atoms with van der Waals surface area (Å²) < 4.78 is 0. The van der Waals surface area contributed by atoms with Crippen molar-refractivity contribution in [1.82, 2.24) is 14.7 Å². The average Bonchev–Trinajstić information content (AvgIpc) is 2.68. The highest BCUT2D eigenvalue weighted by molar-refractivity contribution is 5.76. The summed E-state index contributed by atoms with van der Waals surface area (Å²) in [6, 6.07) is 10.5. The van der Waals surface area contributed by atoms with Gasteiger partial charge in [0.05, 0.1) is 0 Å². The third-order valence-corrected chi connectivity index (χ3v) is 5.59. The summed E-state index contributed by atoms with van der Waals surface area (Å²) in [4.78, 5) is 19.4. The third-order valence-electron chi connectivity index (χ3n) is 5.59. The molecule has 0 N–H and O–H groups in total. The Kier molecular flexibility index (Phi) is 7.27. The van der Waals surface area contributed by atoms with Gasteiger partial charge in [0.1, 0.15) is 0 Å². The fourth-order valence-corrected chi connectivity index (χ4v) is 3.93. The van der Waals surface area contributed by atoms with Crippen LogP contribution < -0.4 is 0 Å². The van der Waals surface area contributed by atoms with E-state index >= 15 is 0 Å². The Morgan fingerprint density at radius 3 is 2.54 bits per heavy atom. The van der Waals surface area contributed by atoms with E-state index in [-0.39, 0.29) is 0 Å². The van der Waals surface area contributed by atoms with Crippen molar-refractivity contribution in [2.45, 2.75) is 26.2 Å². The zero-order chi connectivity index (χ0) is 18.2. The van der Waals surface area contributed by atoms with Gasteiger partial charge in [-0.05, 0) is 24.3 Å². The van der Waals surface area contributed by atoms with Crippen LogP contribution in [0.25, 0.3) is 6.08 Å². The number of amides is 1. The first-order valence-corrected chi connectivity index (χ1v) is 10.1. The van der Waals surface area contributed by atoms with E-state index in [9.17, 15) is 4.79 Å². The molecule has 0 spiro atoms. The van der Waals surface area contributed by atoms with E-state index in [1.165, 1.54) is 18.4 Å². The minimum absolute atomic E-state index is 0.352. The molecule has 1 unspecified atom stereocenters. The molecule has 1 atom stereocenters. The summed E-state index contributed by atoms with van der Waals surface area (Å²) in [5.74, 6) is 1.02. The van der Waals surface area contributed by atoms with Crippen LogP contribution in [0.4, 0.5) is 0 Å². The Morgan fingerprint density at radius 2 is 1.81 bits per heavy atom. The predicted octanol–water partition coefficient (Wildman–Crippen LogP) is 2.97. The number of rotatable bonds is 6. The zero-order valence-corrected chi connectivity index (χ0v) is 16.1. The van der Waals surface area contributed by atoms with Gasteiger partial charge < -0.3 is 9.80 Å². The van der Waals surface area contributed by atoms with Crippen molar-refractivity contribution in [3.63, 3.8) is 0 Å². The van der Waals surface area contributed by atoms with Crippen molar-refractivity contribution in [2.75, 3.05) is 52.4 Å². The third kappa shape index (κ3) is 5.96. The lowest BCUT2D eigenvalue weighted by atomic mass is 10.00. The summed E-state index contributed by atoms with van der Waals surface area (Å²) in [7, 11) is 0. The van der Waals surface area contributed by atoms with E-state index in [1.807, 2.05) is 6.07 Å². The largest absolute Gasteiger partial charge is 0.342 e. The van der Waals surface area contributed by atoms with Gasteiger partial charge in [-0.3, -0.25) is 9.69 Å². The van der Waals surface area contributed by atoms with E-state index in [1.54, 1.807) is 0 Å². The van der Waals surface area contributed by atoms with Crippen LogP contribution in [-0.4, -0.2) is 73.0 Å². The number of hydrogen-bond donors (Lipinski definition) is 0. The lowest BCUT2D eigenvalue weighted by molar-refractivity contribution is -0.133. The van der Waals surface area contributed by atoms with Crippen LogP contribution >= 0.6 is 0 Å². The summed E-state index contributed by atoms with van der Waals surface area (Å²) in [6.45, 7) is 10.4. The van der Waals surface area contributed by atoms with Gasteiger partial charge in [0.25, 0.3) is 0 Å². The molecule has 142 valence electrons. The molecule has 2 heterocycles. The molecule has 2 fully saturated rings. The highest BCUT2D eigenvalue weighted by Gasteiger charge is 2.22. The van der Waals surface area contributed by atoms with E-state index in [4.69, 9.17) is 0 Å². The molecule has 0 aliphatic carbocycles. The Morgan fingerprint density at radius 1 is 1.08 bits per heavy atom. The molecular weight excluding hydrogens is 322 g/mol. The van der Waals surface area contributed by atoms with E-state index in [2.05, 4.69) is 58.0 Å². The van der Waals surface area contributed by atoms with Crippen LogP contribution in [0, 0.1) is 5.92 Å². The van der Waals surface area contributed by atoms with Crippen molar-refractivity contribution in [2.24, 2.45) is 5.92 Å². The standard InChI is InChI=1S/C22H33N3O/c1-20-7-5-13-25(19-20)22(26)11-14-24-17-15-23(16-18-24)12-6-10-21-8-3-2-4-9-21/h2-4,6,8-10,20H,5,7,11-19H2,1H3/b10-6+. The van der Waals surface area contributed by atoms with E-state index in [0.29, 0.717) is 18.2 Å². The maximum Gasteiger partial charge on any atom is 0.223 e. The van der Waals surface area contributed by atoms with Gasteiger partial charge in [0.2, 0.25) is 5.91 Å². The van der Waals surface area contributed by atoms with Crippen LogP contribution in [0.2, 0.25) is 0 Å². The molecule has 1 amide bonds. The molecular formula is C22H33N3O. The molecule has 4 heteroatoms. The maximum absolute atomic E-state index is 12.4. The molecule has 26 heavy (non-hydrogen) atoms. The fourth-order valence-electron chi connectivity index (χ4n) is 3.93. The highest BCUT2D eigenvalue weighted by atomic mass is 16.2. The molecule has 4 nitrogen and oxygen atoms in total. The summed E-state index contributed by atoms with van der Waals surface area (Å²) in [5.41, 5.74) is 1.26. The summed E-state index contributed by atoms with van der Waals surface area (Å²) in [5, 5.41) is 0. The summed E-state index contributed by atoms with van der Waals surface area (Å²) >= 11 is 0.